The van der Waals surface area contributed by atoms with E-state index in [2.05, 4.69) is 0 Å². The predicted octanol–water partition coefficient (Wildman–Crippen LogP) is 3.77. The zero-order valence-corrected chi connectivity index (χ0v) is 13.1. The fourth-order valence-corrected chi connectivity index (χ4v) is 2.98. The third kappa shape index (κ3) is 2.46. The van der Waals surface area contributed by atoms with E-state index >= 15 is 0 Å². The normalized spacial score (nSPS) is 13.2. The van der Waals surface area contributed by atoms with E-state index in [0.717, 1.165) is 10.9 Å². The van der Waals surface area contributed by atoms with E-state index in [0.29, 0.717) is 21.4 Å². The van der Waals surface area contributed by atoms with E-state index in [1.807, 2.05) is 30.3 Å². The Balaban J connectivity index is 1.67. The number of rotatable bonds is 2. The molecule has 0 bridgehead atoms. The van der Waals surface area contributed by atoms with Gasteiger partial charge in [0.2, 0.25) is 0 Å². The molecule has 0 saturated carbocycles. The van der Waals surface area contributed by atoms with Crippen LogP contribution in [-0.4, -0.2) is 22.8 Å². The van der Waals surface area contributed by atoms with Gasteiger partial charge in [-0.25, -0.2) is 4.79 Å². The number of nitrogens with zero attached hydrogens (tertiary/aromatic N) is 1. The summed E-state index contributed by atoms with van der Waals surface area (Å²) in [6, 6.07) is 19.4. The van der Waals surface area contributed by atoms with Crippen molar-refractivity contribution in [2.75, 3.05) is 0 Å². The largest absolute Gasteiger partial charge is 0.444 e. The highest BCUT2D eigenvalue weighted by Gasteiger charge is 2.38. The van der Waals surface area contributed by atoms with Crippen molar-refractivity contribution >= 4 is 28.7 Å². The van der Waals surface area contributed by atoms with Crippen molar-refractivity contribution in [3.8, 4) is 0 Å². The van der Waals surface area contributed by atoms with Crippen molar-refractivity contribution in [2.45, 2.75) is 6.61 Å². The second-order valence-corrected chi connectivity index (χ2v) is 5.70. The molecule has 5 nitrogen and oxygen atoms in total. The van der Waals surface area contributed by atoms with Crippen molar-refractivity contribution in [1.29, 1.82) is 0 Å². The van der Waals surface area contributed by atoms with Crippen LogP contribution in [0.25, 0.3) is 10.8 Å². The van der Waals surface area contributed by atoms with Gasteiger partial charge in [-0.2, -0.15) is 4.90 Å². The van der Waals surface area contributed by atoms with Gasteiger partial charge in [-0.05, 0) is 23.1 Å². The molecule has 3 aromatic carbocycles. The van der Waals surface area contributed by atoms with Crippen LogP contribution in [0.5, 0.6) is 0 Å². The standard InChI is InChI=1S/C20H13NO4/c22-18-15-10-4-8-14-9-5-11-16(17(14)15)19(23)21(18)20(24)25-12-13-6-2-1-3-7-13/h1-11H,12H2. The molecule has 0 aliphatic carbocycles. The number of benzene rings is 3. The van der Waals surface area contributed by atoms with Crippen molar-refractivity contribution in [2.24, 2.45) is 0 Å². The minimum absolute atomic E-state index is 0.0113. The highest BCUT2D eigenvalue weighted by Crippen LogP contribution is 2.30. The van der Waals surface area contributed by atoms with E-state index in [4.69, 9.17) is 4.74 Å². The molecule has 1 aliphatic heterocycles. The van der Waals surface area contributed by atoms with Gasteiger partial charge in [0.25, 0.3) is 11.8 Å². The van der Waals surface area contributed by atoms with Gasteiger partial charge >= 0.3 is 6.09 Å². The Kier molecular flexibility index (Phi) is 3.54. The van der Waals surface area contributed by atoms with Gasteiger partial charge in [0.1, 0.15) is 6.61 Å². The molecule has 0 spiro atoms. The maximum atomic E-state index is 12.7. The Bertz CT molecular complexity index is 960. The zero-order valence-electron chi connectivity index (χ0n) is 13.1. The molecule has 0 unspecified atom stereocenters. The minimum Gasteiger partial charge on any atom is -0.444 e. The molecule has 0 N–H and O–H groups in total. The van der Waals surface area contributed by atoms with Crippen molar-refractivity contribution < 1.29 is 19.1 Å². The summed E-state index contributed by atoms with van der Waals surface area (Å²) >= 11 is 0. The summed E-state index contributed by atoms with van der Waals surface area (Å²) in [5, 5.41) is 1.36. The highest BCUT2D eigenvalue weighted by molar-refractivity contribution is 6.30. The molecule has 122 valence electrons. The van der Waals surface area contributed by atoms with Gasteiger partial charge in [-0.3, -0.25) is 9.59 Å². The molecule has 5 heteroatoms. The second-order valence-electron chi connectivity index (χ2n) is 5.70. The Labute approximate surface area is 143 Å². The number of amides is 3. The van der Waals surface area contributed by atoms with Crippen LogP contribution >= 0.6 is 0 Å². The van der Waals surface area contributed by atoms with Gasteiger partial charge in [0.05, 0.1) is 0 Å². The van der Waals surface area contributed by atoms with Gasteiger partial charge in [0.15, 0.2) is 0 Å². The molecule has 0 fully saturated rings. The van der Waals surface area contributed by atoms with Gasteiger partial charge in [-0.1, -0.05) is 54.6 Å². The predicted molar refractivity (Wildman–Crippen MR) is 91.1 cm³/mol. The fraction of sp³-hybridized carbons (Fsp3) is 0.0500. The Morgan fingerprint density at radius 2 is 1.40 bits per heavy atom. The first-order valence-corrected chi connectivity index (χ1v) is 7.78. The molecule has 1 heterocycles. The van der Waals surface area contributed by atoms with E-state index in [1.165, 1.54) is 0 Å². The monoisotopic (exact) mass is 331 g/mol. The van der Waals surface area contributed by atoms with Crippen molar-refractivity contribution in [3.05, 3.63) is 83.4 Å². The summed E-state index contributed by atoms with van der Waals surface area (Å²) in [7, 11) is 0. The number of hydrogen-bond acceptors (Lipinski definition) is 4. The quantitative estimate of drug-likeness (QED) is 0.671. The van der Waals surface area contributed by atoms with Crippen molar-refractivity contribution in [1.82, 2.24) is 4.90 Å². The molecule has 0 aromatic heterocycles. The van der Waals surface area contributed by atoms with E-state index in [-0.39, 0.29) is 6.61 Å². The minimum atomic E-state index is -0.967. The van der Waals surface area contributed by atoms with E-state index in [1.54, 1.807) is 36.4 Å². The maximum Gasteiger partial charge on any atom is 0.424 e. The lowest BCUT2D eigenvalue weighted by atomic mass is 9.94. The maximum absolute atomic E-state index is 12.7. The molecule has 1 aliphatic rings. The smallest absolute Gasteiger partial charge is 0.424 e. The molecule has 3 aromatic rings. The lowest BCUT2D eigenvalue weighted by Gasteiger charge is -2.25. The molecule has 3 amide bonds. The van der Waals surface area contributed by atoms with Crippen LogP contribution in [0.1, 0.15) is 26.3 Å². The van der Waals surface area contributed by atoms with Gasteiger partial charge < -0.3 is 4.74 Å². The van der Waals surface area contributed by atoms with Gasteiger partial charge in [0, 0.05) is 16.5 Å². The SMILES string of the molecule is O=C(OCc1ccccc1)N1C(=O)c2cccc3cccc(c23)C1=O. The summed E-state index contributed by atoms with van der Waals surface area (Å²) in [6.07, 6.45) is -0.967. The lowest BCUT2D eigenvalue weighted by molar-refractivity contribution is 0.0534. The molecular weight excluding hydrogens is 318 g/mol. The molecule has 0 saturated heterocycles. The number of imide groups is 3. The lowest BCUT2D eigenvalue weighted by Crippen LogP contribution is -2.44. The molecule has 0 atom stereocenters. The summed E-state index contributed by atoms with van der Waals surface area (Å²) in [5.74, 6) is -1.32. The number of carbonyl (C=O) groups is 3. The summed E-state index contributed by atoms with van der Waals surface area (Å²) < 4.78 is 5.16. The van der Waals surface area contributed by atoms with Crippen LogP contribution in [0.3, 0.4) is 0 Å². The molecular formula is C20H13NO4. The number of ether oxygens (including phenoxy) is 1. The fourth-order valence-electron chi connectivity index (χ4n) is 2.98. The first-order chi connectivity index (χ1) is 12.2. The first-order valence-electron chi connectivity index (χ1n) is 7.78. The van der Waals surface area contributed by atoms with E-state index in [9.17, 15) is 14.4 Å². The number of carbonyl (C=O) groups excluding carboxylic acids is 3. The summed E-state index contributed by atoms with van der Waals surface area (Å²) in [4.78, 5) is 38.3. The Morgan fingerprint density at radius 3 is 2.00 bits per heavy atom. The van der Waals surface area contributed by atoms with Gasteiger partial charge in [-0.15, -0.1) is 0 Å². The number of hydrogen-bond donors (Lipinski definition) is 0. The zero-order chi connectivity index (χ0) is 17.4. The Hall–Kier alpha value is -3.47. The second kappa shape index (κ2) is 5.87. The van der Waals surface area contributed by atoms with Crippen LogP contribution in [0, 0.1) is 0 Å². The summed E-state index contributed by atoms with van der Waals surface area (Å²) in [5.41, 5.74) is 1.42. The van der Waals surface area contributed by atoms with Crippen LogP contribution in [-0.2, 0) is 11.3 Å². The highest BCUT2D eigenvalue weighted by atomic mass is 16.6. The average molecular weight is 331 g/mol. The average Bonchev–Trinajstić information content (AvgIpc) is 2.65. The third-order valence-electron chi connectivity index (χ3n) is 4.16. The van der Waals surface area contributed by atoms with Crippen LogP contribution in [0.2, 0.25) is 0 Å². The molecule has 25 heavy (non-hydrogen) atoms. The Morgan fingerprint density at radius 1 is 0.800 bits per heavy atom. The topological polar surface area (TPSA) is 63.7 Å². The molecule has 4 rings (SSSR count). The van der Waals surface area contributed by atoms with Crippen LogP contribution < -0.4 is 0 Å². The van der Waals surface area contributed by atoms with Crippen LogP contribution in [0.15, 0.2) is 66.7 Å². The third-order valence-corrected chi connectivity index (χ3v) is 4.16. The van der Waals surface area contributed by atoms with E-state index < -0.39 is 17.9 Å². The first kappa shape index (κ1) is 15.1. The van der Waals surface area contributed by atoms with Crippen LogP contribution in [0.4, 0.5) is 4.79 Å². The summed E-state index contributed by atoms with van der Waals surface area (Å²) in [6.45, 7) is -0.0113. The molecule has 0 radical (unpaired) electrons. The van der Waals surface area contributed by atoms with Crippen molar-refractivity contribution in [3.63, 3.8) is 0 Å².